The average Bonchev–Trinajstić information content (AvgIpc) is 2.38. The topological polar surface area (TPSA) is 39.2 Å². The van der Waals surface area contributed by atoms with Crippen molar-refractivity contribution in [3.63, 3.8) is 0 Å². The number of carbonyl (C=O) groups is 1. The molecule has 98 valence electrons. The first-order valence-electron chi connectivity index (χ1n) is 5.64. The van der Waals surface area contributed by atoms with E-state index in [-0.39, 0.29) is 12.2 Å². The first-order chi connectivity index (χ1) is 9.04. The van der Waals surface area contributed by atoms with Crippen molar-refractivity contribution in [2.45, 2.75) is 6.92 Å². The molecule has 2 aromatic rings. The molecule has 0 spiro atoms. The summed E-state index contributed by atoms with van der Waals surface area (Å²) in [5, 5.41) is 1.71. The number of rotatable bonds is 3. The summed E-state index contributed by atoms with van der Waals surface area (Å²) < 4.78 is 4.93. The van der Waals surface area contributed by atoms with Gasteiger partial charge in [-0.3, -0.25) is 4.98 Å². The van der Waals surface area contributed by atoms with Crippen LogP contribution in [0.1, 0.15) is 12.5 Å². The van der Waals surface area contributed by atoms with Crippen molar-refractivity contribution in [2.24, 2.45) is 0 Å². The standard InChI is InChI=1S/C14H11Cl2NO2/c1-3-19-14(18)8(2)12-11(16)5-4-9-6-10(15)7-17-13(9)12/h4-7H,2-3H2,1H3. The van der Waals surface area contributed by atoms with Crippen molar-refractivity contribution in [1.29, 1.82) is 0 Å². The Balaban J connectivity index is 2.61. The first kappa shape index (κ1) is 13.8. The lowest BCUT2D eigenvalue weighted by Crippen LogP contribution is -2.07. The van der Waals surface area contributed by atoms with Gasteiger partial charge < -0.3 is 4.74 Å². The minimum atomic E-state index is -0.506. The lowest BCUT2D eigenvalue weighted by atomic mass is 10.0. The second-order valence-corrected chi connectivity index (χ2v) is 4.69. The smallest absolute Gasteiger partial charge is 0.338 e. The molecule has 1 heterocycles. The SMILES string of the molecule is C=C(C(=O)OCC)c1c(Cl)ccc2cc(Cl)cnc12. The van der Waals surface area contributed by atoms with Gasteiger partial charge in [0.05, 0.1) is 27.7 Å². The van der Waals surface area contributed by atoms with E-state index in [0.717, 1.165) is 5.39 Å². The normalized spacial score (nSPS) is 10.5. The van der Waals surface area contributed by atoms with Gasteiger partial charge in [-0.1, -0.05) is 35.8 Å². The molecular weight excluding hydrogens is 285 g/mol. The summed E-state index contributed by atoms with van der Waals surface area (Å²) in [4.78, 5) is 16.0. The number of hydrogen-bond acceptors (Lipinski definition) is 3. The van der Waals surface area contributed by atoms with Crippen LogP contribution in [0.3, 0.4) is 0 Å². The third-order valence-corrected chi connectivity index (χ3v) is 3.11. The number of benzene rings is 1. The number of ether oxygens (including phenoxy) is 1. The number of halogens is 2. The molecule has 0 N–H and O–H groups in total. The Labute approximate surface area is 120 Å². The summed E-state index contributed by atoms with van der Waals surface area (Å²) in [5.41, 5.74) is 1.25. The third kappa shape index (κ3) is 2.72. The average molecular weight is 296 g/mol. The number of esters is 1. The van der Waals surface area contributed by atoms with Crippen LogP contribution in [-0.2, 0) is 9.53 Å². The van der Waals surface area contributed by atoms with Gasteiger partial charge >= 0.3 is 5.97 Å². The van der Waals surface area contributed by atoms with Crippen LogP contribution in [0.5, 0.6) is 0 Å². The Bertz CT molecular complexity index is 668. The number of hydrogen-bond donors (Lipinski definition) is 0. The quantitative estimate of drug-likeness (QED) is 0.632. The molecule has 0 aliphatic carbocycles. The van der Waals surface area contributed by atoms with Gasteiger partial charge in [0.15, 0.2) is 0 Å². The molecule has 5 heteroatoms. The molecular formula is C14H11Cl2NO2. The molecule has 2 rings (SSSR count). The molecule has 0 saturated carbocycles. The van der Waals surface area contributed by atoms with E-state index in [1.54, 1.807) is 25.1 Å². The van der Waals surface area contributed by atoms with Crippen LogP contribution in [0.4, 0.5) is 0 Å². The van der Waals surface area contributed by atoms with Crippen LogP contribution in [-0.4, -0.2) is 17.6 Å². The summed E-state index contributed by atoms with van der Waals surface area (Å²) in [5.74, 6) is -0.506. The number of pyridine rings is 1. The lowest BCUT2D eigenvalue weighted by Gasteiger charge is -2.10. The molecule has 0 bridgehead atoms. The van der Waals surface area contributed by atoms with Gasteiger partial charge in [0.25, 0.3) is 0 Å². The summed E-state index contributed by atoms with van der Waals surface area (Å²) in [7, 11) is 0. The molecule has 0 saturated heterocycles. The van der Waals surface area contributed by atoms with E-state index in [4.69, 9.17) is 27.9 Å². The minimum absolute atomic E-state index is 0.187. The van der Waals surface area contributed by atoms with Crippen molar-refractivity contribution in [3.05, 3.63) is 46.6 Å². The van der Waals surface area contributed by atoms with Crippen LogP contribution >= 0.6 is 23.2 Å². The van der Waals surface area contributed by atoms with Gasteiger partial charge in [-0.2, -0.15) is 0 Å². The fourth-order valence-electron chi connectivity index (χ4n) is 1.76. The maximum Gasteiger partial charge on any atom is 0.338 e. The maximum absolute atomic E-state index is 11.8. The highest BCUT2D eigenvalue weighted by Crippen LogP contribution is 2.31. The van der Waals surface area contributed by atoms with Crippen molar-refractivity contribution >= 4 is 45.6 Å². The molecule has 19 heavy (non-hydrogen) atoms. The predicted molar refractivity (Wildman–Crippen MR) is 77.4 cm³/mol. The highest BCUT2D eigenvalue weighted by Gasteiger charge is 2.17. The summed E-state index contributed by atoms with van der Waals surface area (Å²) in [6.07, 6.45) is 1.50. The van der Waals surface area contributed by atoms with Crippen LogP contribution in [0, 0.1) is 0 Å². The number of aromatic nitrogens is 1. The summed E-state index contributed by atoms with van der Waals surface area (Å²) >= 11 is 12.0. The summed E-state index contributed by atoms with van der Waals surface area (Å²) in [6.45, 7) is 5.75. The molecule has 0 atom stereocenters. The number of fused-ring (bicyclic) bond motifs is 1. The number of nitrogens with zero attached hydrogens (tertiary/aromatic N) is 1. The van der Waals surface area contributed by atoms with Crippen LogP contribution in [0.15, 0.2) is 31.0 Å². The van der Waals surface area contributed by atoms with Gasteiger partial charge in [0.1, 0.15) is 0 Å². The molecule has 0 aliphatic heterocycles. The van der Waals surface area contributed by atoms with E-state index in [1.807, 2.05) is 0 Å². The molecule has 0 amide bonds. The lowest BCUT2D eigenvalue weighted by molar-refractivity contribution is -0.136. The van der Waals surface area contributed by atoms with E-state index in [9.17, 15) is 4.79 Å². The van der Waals surface area contributed by atoms with Crippen molar-refractivity contribution in [3.8, 4) is 0 Å². The Morgan fingerprint density at radius 2 is 2.16 bits per heavy atom. The highest BCUT2D eigenvalue weighted by atomic mass is 35.5. The first-order valence-corrected chi connectivity index (χ1v) is 6.40. The van der Waals surface area contributed by atoms with Gasteiger partial charge in [0.2, 0.25) is 0 Å². The highest BCUT2D eigenvalue weighted by molar-refractivity contribution is 6.36. The minimum Gasteiger partial charge on any atom is -0.462 e. The largest absolute Gasteiger partial charge is 0.462 e. The van der Waals surface area contributed by atoms with E-state index >= 15 is 0 Å². The Morgan fingerprint density at radius 3 is 2.84 bits per heavy atom. The van der Waals surface area contributed by atoms with Crippen molar-refractivity contribution in [2.75, 3.05) is 6.61 Å². The molecule has 0 radical (unpaired) electrons. The summed E-state index contributed by atoms with van der Waals surface area (Å²) in [6, 6.07) is 5.22. The predicted octanol–water partition coefficient (Wildman–Crippen LogP) is 4.12. The zero-order chi connectivity index (χ0) is 14.0. The van der Waals surface area contributed by atoms with E-state index < -0.39 is 5.97 Å². The van der Waals surface area contributed by atoms with Crippen LogP contribution < -0.4 is 0 Å². The molecule has 3 nitrogen and oxygen atoms in total. The van der Waals surface area contributed by atoms with E-state index in [2.05, 4.69) is 11.6 Å². The Morgan fingerprint density at radius 1 is 1.42 bits per heavy atom. The van der Waals surface area contributed by atoms with Gasteiger partial charge in [-0.25, -0.2) is 4.79 Å². The Hall–Kier alpha value is -1.58. The zero-order valence-corrected chi connectivity index (χ0v) is 11.8. The van der Waals surface area contributed by atoms with Crippen molar-refractivity contribution < 1.29 is 9.53 Å². The van der Waals surface area contributed by atoms with E-state index in [0.29, 0.717) is 21.1 Å². The third-order valence-electron chi connectivity index (χ3n) is 2.59. The molecule has 0 aliphatic rings. The van der Waals surface area contributed by atoms with Gasteiger partial charge in [0, 0.05) is 17.1 Å². The monoisotopic (exact) mass is 295 g/mol. The van der Waals surface area contributed by atoms with Gasteiger partial charge in [-0.15, -0.1) is 0 Å². The molecule has 1 aromatic carbocycles. The molecule has 0 fully saturated rings. The molecule has 1 aromatic heterocycles. The number of carbonyl (C=O) groups excluding carboxylic acids is 1. The van der Waals surface area contributed by atoms with Crippen LogP contribution in [0.25, 0.3) is 16.5 Å². The van der Waals surface area contributed by atoms with Crippen LogP contribution in [0.2, 0.25) is 10.0 Å². The Kier molecular flexibility index (Phi) is 4.08. The second-order valence-electron chi connectivity index (χ2n) is 3.85. The fraction of sp³-hybridized carbons (Fsp3) is 0.143. The van der Waals surface area contributed by atoms with Gasteiger partial charge in [-0.05, 0) is 19.1 Å². The second kappa shape index (κ2) is 5.59. The zero-order valence-electron chi connectivity index (χ0n) is 10.2. The molecule has 0 unspecified atom stereocenters. The maximum atomic E-state index is 11.8. The fourth-order valence-corrected chi connectivity index (χ4v) is 2.19. The van der Waals surface area contributed by atoms with Crippen molar-refractivity contribution in [1.82, 2.24) is 4.98 Å². The van der Waals surface area contributed by atoms with E-state index in [1.165, 1.54) is 6.20 Å².